The molecule has 7 nitrogen and oxygen atoms in total. The summed E-state index contributed by atoms with van der Waals surface area (Å²) in [5.74, 6) is 0.992. The predicted octanol–water partition coefficient (Wildman–Crippen LogP) is 3.96. The van der Waals surface area contributed by atoms with Crippen LogP contribution in [0.25, 0.3) is 10.8 Å². The van der Waals surface area contributed by atoms with Crippen LogP contribution in [0.4, 0.5) is 11.5 Å². The monoisotopic (exact) mass is 440 g/mol. The topological polar surface area (TPSA) is 85.2 Å². The second kappa shape index (κ2) is 7.73. The number of rotatable bonds is 4. The molecule has 33 heavy (non-hydrogen) atoms. The Bertz CT molecular complexity index is 1300. The minimum absolute atomic E-state index is 0.0407. The van der Waals surface area contributed by atoms with Crippen LogP contribution in [0, 0.1) is 30.6 Å². The van der Waals surface area contributed by atoms with E-state index in [0.717, 1.165) is 65.2 Å². The molecule has 2 aliphatic rings. The van der Waals surface area contributed by atoms with Crippen LogP contribution >= 0.6 is 0 Å². The standard InChI is InChI=1S/C26H28N6O/c1-16-19(13-27)6-5-7-21(16)17(2)28-24-23-12-20(8-9-22(23)18(3)29-30-24)32-14-26(15-32)10-11-31(4)25(26)33/h5-9,12,17H,10-11,14-15H2,1-4H3,(H,28,30). The molecule has 7 heteroatoms. The molecule has 2 aliphatic heterocycles. The molecule has 1 unspecified atom stereocenters. The van der Waals surface area contributed by atoms with Crippen LogP contribution in [0.5, 0.6) is 0 Å². The van der Waals surface area contributed by atoms with Gasteiger partial charge in [-0.25, -0.2) is 0 Å². The number of nitriles is 1. The van der Waals surface area contributed by atoms with Crippen molar-refractivity contribution in [2.75, 3.05) is 36.9 Å². The molecule has 0 radical (unpaired) electrons. The van der Waals surface area contributed by atoms with Crippen LogP contribution in [0.3, 0.4) is 0 Å². The van der Waals surface area contributed by atoms with Crippen LogP contribution in [0.2, 0.25) is 0 Å². The van der Waals surface area contributed by atoms with Gasteiger partial charge in [-0.2, -0.15) is 10.4 Å². The van der Waals surface area contributed by atoms with Crippen molar-refractivity contribution in [2.45, 2.75) is 33.2 Å². The Morgan fingerprint density at radius 2 is 1.94 bits per heavy atom. The number of hydrogen-bond acceptors (Lipinski definition) is 6. The SMILES string of the molecule is Cc1c(C#N)cccc1C(C)Nc1nnc(C)c2ccc(N3CC4(CCN(C)C4=O)C3)cc12. The maximum Gasteiger partial charge on any atom is 0.232 e. The lowest BCUT2D eigenvalue weighted by atomic mass is 9.78. The van der Waals surface area contributed by atoms with Crippen LogP contribution in [-0.2, 0) is 4.79 Å². The van der Waals surface area contributed by atoms with E-state index in [1.54, 1.807) is 0 Å². The molecular weight excluding hydrogens is 412 g/mol. The van der Waals surface area contributed by atoms with E-state index in [4.69, 9.17) is 0 Å². The lowest BCUT2D eigenvalue weighted by Crippen LogP contribution is -2.60. The van der Waals surface area contributed by atoms with Crippen LogP contribution < -0.4 is 10.2 Å². The Labute approximate surface area is 194 Å². The highest BCUT2D eigenvalue weighted by Crippen LogP contribution is 2.43. The first-order valence-corrected chi connectivity index (χ1v) is 11.4. The Hall–Kier alpha value is -3.66. The maximum absolute atomic E-state index is 12.6. The fraction of sp³-hybridized carbons (Fsp3) is 0.385. The molecule has 2 aromatic carbocycles. The number of benzene rings is 2. The Kier molecular flexibility index (Phi) is 4.97. The molecular formula is C26H28N6O. The minimum atomic E-state index is -0.213. The largest absolute Gasteiger partial charge is 0.369 e. The Morgan fingerprint density at radius 3 is 2.64 bits per heavy atom. The van der Waals surface area contributed by atoms with Crippen molar-refractivity contribution in [3.63, 3.8) is 0 Å². The van der Waals surface area contributed by atoms with Crippen LogP contribution in [0.1, 0.15) is 41.8 Å². The molecule has 2 saturated heterocycles. The van der Waals surface area contributed by atoms with Crippen molar-refractivity contribution < 1.29 is 4.79 Å². The molecule has 0 aliphatic carbocycles. The van der Waals surface area contributed by atoms with E-state index in [0.29, 0.717) is 5.56 Å². The summed E-state index contributed by atoms with van der Waals surface area (Å²) in [5.41, 5.74) is 4.49. The van der Waals surface area contributed by atoms with Gasteiger partial charge in [0.05, 0.1) is 28.8 Å². The lowest BCUT2D eigenvalue weighted by molar-refractivity contribution is -0.136. The molecule has 1 spiro atoms. The number of nitrogens with one attached hydrogen (secondary N) is 1. The third kappa shape index (κ3) is 3.37. The second-order valence-corrected chi connectivity index (χ2v) is 9.47. The van der Waals surface area contributed by atoms with Gasteiger partial charge >= 0.3 is 0 Å². The molecule has 1 N–H and O–H groups in total. The zero-order valence-electron chi connectivity index (χ0n) is 19.5. The van der Waals surface area contributed by atoms with E-state index < -0.39 is 0 Å². The van der Waals surface area contributed by atoms with E-state index in [9.17, 15) is 10.1 Å². The predicted molar refractivity (Wildman–Crippen MR) is 129 cm³/mol. The lowest BCUT2D eigenvalue weighted by Gasteiger charge is -2.47. The van der Waals surface area contributed by atoms with Gasteiger partial charge in [0.25, 0.3) is 0 Å². The van der Waals surface area contributed by atoms with Crippen molar-refractivity contribution in [3.8, 4) is 6.07 Å². The second-order valence-electron chi connectivity index (χ2n) is 9.47. The zero-order valence-corrected chi connectivity index (χ0v) is 19.5. The van der Waals surface area contributed by atoms with Crippen LogP contribution in [0.15, 0.2) is 36.4 Å². The maximum atomic E-state index is 12.6. The molecule has 1 aromatic heterocycles. The average molecular weight is 441 g/mol. The number of carbonyl (C=O) groups excluding carboxylic acids is 1. The van der Waals surface area contributed by atoms with Crippen molar-refractivity contribution in [1.82, 2.24) is 15.1 Å². The quantitative estimate of drug-likeness (QED) is 0.661. The average Bonchev–Trinajstić information content (AvgIpc) is 3.09. The van der Waals surface area contributed by atoms with Gasteiger partial charge in [-0.15, -0.1) is 5.10 Å². The summed E-state index contributed by atoms with van der Waals surface area (Å²) in [4.78, 5) is 16.7. The summed E-state index contributed by atoms with van der Waals surface area (Å²) < 4.78 is 0. The number of hydrogen-bond donors (Lipinski definition) is 1. The van der Waals surface area contributed by atoms with Crippen molar-refractivity contribution in [3.05, 3.63) is 58.8 Å². The van der Waals surface area contributed by atoms with E-state index in [1.807, 2.05) is 44.0 Å². The fourth-order valence-electron chi connectivity index (χ4n) is 5.26. The summed E-state index contributed by atoms with van der Waals surface area (Å²) in [7, 11) is 1.89. The van der Waals surface area contributed by atoms with Gasteiger partial charge in [-0.3, -0.25) is 4.79 Å². The van der Waals surface area contributed by atoms with Gasteiger partial charge in [0, 0.05) is 43.1 Å². The highest BCUT2D eigenvalue weighted by atomic mass is 16.2. The normalized spacial score (nSPS) is 17.8. The van der Waals surface area contributed by atoms with E-state index in [1.165, 1.54) is 0 Å². The Balaban J connectivity index is 1.45. The number of aromatic nitrogens is 2. The van der Waals surface area contributed by atoms with Gasteiger partial charge in [0.15, 0.2) is 5.82 Å². The number of likely N-dealkylation sites (tertiary alicyclic amines) is 1. The number of nitrogens with zero attached hydrogens (tertiary/aromatic N) is 5. The molecule has 2 fully saturated rings. The minimum Gasteiger partial charge on any atom is -0.369 e. The van der Waals surface area contributed by atoms with Gasteiger partial charge in [-0.05, 0) is 56.5 Å². The third-order valence-corrected chi connectivity index (χ3v) is 7.34. The Morgan fingerprint density at radius 1 is 1.15 bits per heavy atom. The number of anilines is 2. The van der Waals surface area contributed by atoms with Crippen molar-refractivity contribution >= 4 is 28.2 Å². The van der Waals surface area contributed by atoms with E-state index in [2.05, 4.69) is 51.6 Å². The molecule has 168 valence electrons. The van der Waals surface area contributed by atoms with Gasteiger partial charge in [-0.1, -0.05) is 18.2 Å². The number of aryl methyl sites for hydroxylation is 1. The van der Waals surface area contributed by atoms with Crippen molar-refractivity contribution in [1.29, 1.82) is 5.26 Å². The first kappa shape index (κ1) is 21.2. The third-order valence-electron chi connectivity index (χ3n) is 7.34. The first-order valence-electron chi connectivity index (χ1n) is 11.4. The number of fused-ring (bicyclic) bond motifs is 1. The zero-order chi connectivity index (χ0) is 23.3. The number of amides is 1. The number of carbonyl (C=O) groups is 1. The smallest absolute Gasteiger partial charge is 0.232 e. The summed E-state index contributed by atoms with van der Waals surface area (Å²) in [6.07, 6.45) is 0.933. The molecule has 5 rings (SSSR count). The van der Waals surface area contributed by atoms with E-state index in [-0.39, 0.29) is 17.4 Å². The molecule has 1 amide bonds. The molecule has 3 aromatic rings. The molecule has 0 bridgehead atoms. The molecule has 0 saturated carbocycles. The fourth-order valence-corrected chi connectivity index (χ4v) is 5.26. The van der Waals surface area contributed by atoms with Gasteiger partial charge in [0.2, 0.25) is 5.91 Å². The van der Waals surface area contributed by atoms with Gasteiger partial charge in [0.1, 0.15) is 0 Å². The van der Waals surface area contributed by atoms with E-state index >= 15 is 0 Å². The van der Waals surface area contributed by atoms with Crippen molar-refractivity contribution in [2.24, 2.45) is 5.41 Å². The summed E-state index contributed by atoms with van der Waals surface area (Å²) in [6, 6.07) is 14.4. The first-order chi connectivity index (χ1) is 15.8. The highest BCUT2D eigenvalue weighted by Gasteiger charge is 2.53. The summed E-state index contributed by atoms with van der Waals surface area (Å²) >= 11 is 0. The van der Waals surface area contributed by atoms with Crippen LogP contribution in [-0.4, -0.2) is 47.7 Å². The summed E-state index contributed by atoms with van der Waals surface area (Å²) in [5, 5.41) is 23.8. The molecule has 1 atom stereocenters. The summed E-state index contributed by atoms with van der Waals surface area (Å²) in [6.45, 7) is 8.38. The molecule has 3 heterocycles. The highest BCUT2D eigenvalue weighted by molar-refractivity contribution is 5.96. The van der Waals surface area contributed by atoms with Gasteiger partial charge < -0.3 is 15.1 Å².